The van der Waals surface area contributed by atoms with Crippen molar-refractivity contribution in [3.05, 3.63) is 22.6 Å². The topological polar surface area (TPSA) is 67.7 Å². The Kier molecular flexibility index (Phi) is 5.54. The molecule has 7 nitrogen and oxygen atoms in total. The monoisotopic (exact) mass is 308 g/mol. The summed E-state index contributed by atoms with van der Waals surface area (Å²) in [6.07, 6.45) is 4.89. The van der Waals surface area contributed by atoms with Crippen LogP contribution in [0.5, 0.6) is 0 Å². The van der Waals surface area contributed by atoms with Gasteiger partial charge in [0.15, 0.2) is 0 Å². The third kappa shape index (κ3) is 4.30. The number of aromatic nitrogens is 2. The van der Waals surface area contributed by atoms with E-state index in [9.17, 15) is 9.59 Å². The van der Waals surface area contributed by atoms with E-state index in [-0.39, 0.29) is 24.1 Å². The van der Waals surface area contributed by atoms with Crippen LogP contribution in [0.1, 0.15) is 19.3 Å². The molecule has 1 amide bonds. The van der Waals surface area contributed by atoms with Crippen LogP contribution in [0.4, 0.5) is 5.69 Å². The number of amides is 1. The van der Waals surface area contributed by atoms with E-state index >= 15 is 0 Å². The Morgan fingerprint density at radius 3 is 2.77 bits per heavy atom. The fourth-order valence-corrected chi connectivity index (χ4v) is 2.39. The Balaban J connectivity index is 1.94. The minimum absolute atomic E-state index is 0.0459. The Labute approximate surface area is 130 Å². The average Bonchev–Trinajstić information content (AvgIpc) is 2.50. The molecule has 2 heterocycles. The second-order valence-corrected chi connectivity index (χ2v) is 5.87. The van der Waals surface area contributed by atoms with Crippen molar-refractivity contribution in [1.82, 2.24) is 14.7 Å². The maximum absolute atomic E-state index is 12.2. The summed E-state index contributed by atoms with van der Waals surface area (Å²) < 4.78 is 6.82. The summed E-state index contributed by atoms with van der Waals surface area (Å²) in [7, 11) is 5.41. The van der Waals surface area contributed by atoms with Crippen molar-refractivity contribution in [2.24, 2.45) is 0 Å². The zero-order valence-electron chi connectivity index (χ0n) is 13.5. The fraction of sp³-hybridized carbons (Fsp3) is 0.667. The number of rotatable bonds is 5. The van der Waals surface area contributed by atoms with E-state index in [0.717, 1.165) is 31.6 Å². The number of likely N-dealkylation sites (N-methyl/N-ethyl adjacent to an activating group) is 1. The smallest absolute Gasteiger partial charge is 0.269 e. The number of hydrogen-bond donors (Lipinski definition) is 0. The molecule has 0 radical (unpaired) electrons. The normalized spacial score (nSPS) is 18.0. The molecule has 1 fully saturated rings. The quantitative estimate of drug-likeness (QED) is 0.784. The number of anilines is 1. The molecule has 7 heteroatoms. The van der Waals surface area contributed by atoms with Gasteiger partial charge in [0.2, 0.25) is 5.91 Å². The highest BCUT2D eigenvalue weighted by molar-refractivity contribution is 5.75. The minimum Gasteiger partial charge on any atom is -0.376 e. The lowest BCUT2D eigenvalue weighted by Gasteiger charge is -2.27. The van der Waals surface area contributed by atoms with E-state index in [1.54, 1.807) is 23.0 Å². The molecule has 1 aliphatic rings. The van der Waals surface area contributed by atoms with Crippen LogP contribution in [0.3, 0.4) is 0 Å². The first-order valence-electron chi connectivity index (χ1n) is 7.57. The lowest BCUT2D eigenvalue weighted by molar-refractivity contribution is -0.133. The molecule has 0 bridgehead atoms. The first-order valence-corrected chi connectivity index (χ1v) is 7.57. The summed E-state index contributed by atoms with van der Waals surface area (Å²) in [5, 5.41) is 4.05. The molecular formula is C15H24N4O3. The van der Waals surface area contributed by atoms with Gasteiger partial charge < -0.3 is 14.5 Å². The molecule has 1 aromatic rings. The molecule has 2 rings (SSSR count). The minimum atomic E-state index is -0.276. The predicted molar refractivity (Wildman–Crippen MR) is 84.1 cm³/mol. The van der Waals surface area contributed by atoms with Crippen LogP contribution in [0.2, 0.25) is 0 Å². The summed E-state index contributed by atoms with van der Waals surface area (Å²) in [4.78, 5) is 27.6. The van der Waals surface area contributed by atoms with Crippen LogP contribution in [-0.2, 0) is 16.1 Å². The van der Waals surface area contributed by atoms with Gasteiger partial charge in [-0.1, -0.05) is 0 Å². The van der Waals surface area contributed by atoms with Gasteiger partial charge in [-0.2, -0.15) is 5.10 Å². The van der Waals surface area contributed by atoms with Crippen LogP contribution < -0.4 is 10.5 Å². The molecule has 0 saturated carbocycles. The van der Waals surface area contributed by atoms with Gasteiger partial charge in [-0.25, -0.2) is 4.68 Å². The van der Waals surface area contributed by atoms with Crippen molar-refractivity contribution < 1.29 is 9.53 Å². The molecular weight excluding hydrogens is 284 g/mol. The molecule has 1 aromatic heterocycles. The summed E-state index contributed by atoms with van der Waals surface area (Å²) in [6.45, 7) is 1.28. The Morgan fingerprint density at radius 1 is 1.41 bits per heavy atom. The van der Waals surface area contributed by atoms with Gasteiger partial charge in [-0.15, -0.1) is 0 Å². The highest BCUT2D eigenvalue weighted by atomic mass is 16.5. The number of hydrogen-bond acceptors (Lipinski definition) is 5. The Bertz CT molecular complexity index is 564. The van der Waals surface area contributed by atoms with E-state index in [0.29, 0.717) is 6.54 Å². The standard InChI is InChI=1S/C15H24N4O3/c1-17(2)12-8-14(20)19(16-9-12)11-15(21)18(3)10-13-6-4-5-7-22-13/h8-9,13H,4-7,10-11H2,1-3H3. The first kappa shape index (κ1) is 16.5. The van der Waals surface area contributed by atoms with Gasteiger partial charge in [0.1, 0.15) is 6.54 Å². The summed E-state index contributed by atoms with van der Waals surface area (Å²) in [6, 6.07) is 1.48. The maximum Gasteiger partial charge on any atom is 0.269 e. The molecule has 22 heavy (non-hydrogen) atoms. The van der Waals surface area contributed by atoms with Crippen LogP contribution in [0, 0.1) is 0 Å². The third-order valence-electron chi connectivity index (χ3n) is 3.83. The lowest BCUT2D eigenvalue weighted by atomic mass is 10.1. The van der Waals surface area contributed by atoms with Gasteiger partial charge in [0, 0.05) is 40.4 Å². The number of ether oxygens (including phenoxy) is 1. The van der Waals surface area contributed by atoms with E-state index in [1.165, 1.54) is 10.7 Å². The summed E-state index contributed by atoms with van der Waals surface area (Å²) in [5.41, 5.74) is 0.444. The Hall–Kier alpha value is -1.89. The van der Waals surface area contributed by atoms with E-state index in [2.05, 4.69) is 5.10 Å². The van der Waals surface area contributed by atoms with E-state index < -0.39 is 0 Å². The molecule has 0 spiro atoms. The van der Waals surface area contributed by atoms with Gasteiger partial charge in [-0.05, 0) is 19.3 Å². The van der Waals surface area contributed by atoms with Crippen LogP contribution in [-0.4, -0.2) is 61.0 Å². The van der Waals surface area contributed by atoms with E-state index in [1.807, 2.05) is 14.1 Å². The van der Waals surface area contributed by atoms with Crippen LogP contribution >= 0.6 is 0 Å². The van der Waals surface area contributed by atoms with Crippen molar-refractivity contribution in [2.75, 3.05) is 39.2 Å². The summed E-state index contributed by atoms with van der Waals surface area (Å²) in [5.74, 6) is -0.138. The first-order chi connectivity index (χ1) is 10.5. The molecule has 1 saturated heterocycles. The predicted octanol–water partition coefficient (Wildman–Crippen LogP) is 0.337. The number of carbonyl (C=O) groups is 1. The largest absolute Gasteiger partial charge is 0.376 e. The second kappa shape index (κ2) is 7.40. The molecule has 0 aliphatic carbocycles. The molecule has 1 unspecified atom stereocenters. The van der Waals surface area contributed by atoms with Gasteiger partial charge in [-0.3, -0.25) is 9.59 Å². The van der Waals surface area contributed by atoms with Crippen molar-refractivity contribution >= 4 is 11.6 Å². The lowest BCUT2D eigenvalue weighted by Crippen LogP contribution is -2.40. The third-order valence-corrected chi connectivity index (χ3v) is 3.83. The molecule has 1 aliphatic heterocycles. The van der Waals surface area contributed by atoms with Gasteiger partial charge >= 0.3 is 0 Å². The highest BCUT2D eigenvalue weighted by Gasteiger charge is 2.19. The number of nitrogens with zero attached hydrogens (tertiary/aromatic N) is 4. The van der Waals surface area contributed by atoms with E-state index in [4.69, 9.17) is 4.74 Å². The molecule has 122 valence electrons. The van der Waals surface area contributed by atoms with Crippen LogP contribution in [0.15, 0.2) is 17.1 Å². The number of carbonyl (C=O) groups excluding carboxylic acids is 1. The van der Waals surface area contributed by atoms with Crippen molar-refractivity contribution in [3.8, 4) is 0 Å². The van der Waals surface area contributed by atoms with Crippen molar-refractivity contribution in [2.45, 2.75) is 31.9 Å². The second-order valence-electron chi connectivity index (χ2n) is 5.87. The van der Waals surface area contributed by atoms with Gasteiger partial charge in [0.25, 0.3) is 5.56 Å². The van der Waals surface area contributed by atoms with Crippen molar-refractivity contribution in [3.63, 3.8) is 0 Å². The van der Waals surface area contributed by atoms with Crippen LogP contribution in [0.25, 0.3) is 0 Å². The zero-order chi connectivity index (χ0) is 16.1. The Morgan fingerprint density at radius 2 is 2.18 bits per heavy atom. The average molecular weight is 308 g/mol. The fourth-order valence-electron chi connectivity index (χ4n) is 2.39. The molecule has 0 aromatic carbocycles. The SMILES string of the molecule is CN(CC1CCCCO1)C(=O)Cn1ncc(N(C)C)cc1=O. The van der Waals surface area contributed by atoms with Crippen molar-refractivity contribution in [1.29, 1.82) is 0 Å². The highest BCUT2D eigenvalue weighted by Crippen LogP contribution is 2.13. The zero-order valence-corrected chi connectivity index (χ0v) is 13.5. The molecule has 0 N–H and O–H groups in total. The summed E-state index contributed by atoms with van der Waals surface area (Å²) >= 11 is 0. The van der Waals surface area contributed by atoms with Gasteiger partial charge in [0.05, 0.1) is 18.0 Å². The molecule has 1 atom stereocenters. The maximum atomic E-state index is 12.2.